The van der Waals surface area contributed by atoms with Gasteiger partial charge in [-0.1, -0.05) is 18.2 Å². The Morgan fingerprint density at radius 3 is 2.30 bits per heavy atom. The second-order valence-corrected chi connectivity index (χ2v) is 5.05. The van der Waals surface area contributed by atoms with E-state index in [1.165, 1.54) is 28.9 Å². The largest absolute Gasteiger partial charge is 0.476 e. The number of aryl methyl sites for hydroxylation is 1. The molecule has 1 heterocycles. The summed E-state index contributed by atoms with van der Waals surface area (Å²) in [5.74, 6) is -2.02. The SMILES string of the molecule is Cn1nc(C(=O)O)cc1-c1cc(-c2ccc(F)cc2)ccc1F. The van der Waals surface area contributed by atoms with Crippen molar-refractivity contribution in [3.63, 3.8) is 0 Å². The van der Waals surface area contributed by atoms with Crippen molar-refractivity contribution in [2.45, 2.75) is 0 Å². The molecule has 0 saturated heterocycles. The molecule has 0 radical (unpaired) electrons. The Morgan fingerprint density at radius 2 is 1.70 bits per heavy atom. The lowest BCUT2D eigenvalue weighted by Crippen LogP contribution is -1.99. The van der Waals surface area contributed by atoms with E-state index in [0.717, 1.165) is 5.56 Å². The molecule has 0 amide bonds. The van der Waals surface area contributed by atoms with Gasteiger partial charge in [0.2, 0.25) is 0 Å². The summed E-state index contributed by atoms with van der Waals surface area (Å²) >= 11 is 0. The maximum absolute atomic E-state index is 14.2. The van der Waals surface area contributed by atoms with Crippen molar-refractivity contribution in [3.05, 3.63) is 65.9 Å². The highest BCUT2D eigenvalue weighted by Crippen LogP contribution is 2.29. The summed E-state index contributed by atoms with van der Waals surface area (Å²) in [4.78, 5) is 11.0. The first-order valence-corrected chi connectivity index (χ1v) is 6.79. The molecule has 0 spiro atoms. The minimum Gasteiger partial charge on any atom is -0.476 e. The van der Waals surface area contributed by atoms with Crippen molar-refractivity contribution in [1.82, 2.24) is 9.78 Å². The molecule has 0 aliphatic carbocycles. The average molecular weight is 314 g/mol. The summed E-state index contributed by atoms with van der Waals surface area (Å²) in [6.45, 7) is 0. The minimum atomic E-state index is -1.18. The normalized spacial score (nSPS) is 10.7. The van der Waals surface area contributed by atoms with Gasteiger partial charge in [-0.2, -0.15) is 5.10 Å². The van der Waals surface area contributed by atoms with Gasteiger partial charge in [0.1, 0.15) is 11.6 Å². The molecular formula is C17H12F2N2O2. The molecule has 0 aliphatic rings. The van der Waals surface area contributed by atoms with Crippen LogP contribution in [0, 0.1) is 11.6 Å². The predicted octanol–water partition coefficient (Wildman–Crippen LogP) is 3.73. The van der Waals surface area contributed by atoms with Crippen molar-refractivity contribution in [1.29, 1.82) is 0 Å². The van der Waals surface area contributed by atoms with Crippen LogP contribution in [0.3, 0.4) is 0 Å². The van der Waals surface area contributed by atoms with Gasteiger partial charge in [0.25, 0.3) is 0 Å². The molecule has 4 nitrogen and oxygen atoms in total. The Hall–Kier alpha value is -3.02. The molecule has 3 rings (SSSR count). The number of rotatable bonds is 3. The molecule has 3 aromatic rings. The van der Waals surface area contributed by atoms with Gasteiger partial charge in [-0.15, -0.1) is 0 Å². The van der Waals surface area contributed by atoms with E-state index in [-0.39, 0.29) is 17.1 Å². The lowest BCUT2D eigenvalue weighted by Gasteiger charge is -2.07. The zero-order valence-corrected chi connectivity index (χ0v) is 12.1. The number of hydrogen-bond acceptors (Lipinski definition) is 2. The fourth-order valence-electron chi connectivity index (χ4n) is 2.37. The first kappa shape index (κ1) is 14.9. The van der Waals surface area contributed by atoms with Crippen molar-refractivity contribution in [3.8, 4) is 22.4 Å². The van der Waals surface area contributed by atoms with Crippen LogP contribution < -0.4 is 0 Å². The zero-order chi connectivity index (χ0) is 16.6. The number of aromatic carboxylic acids is 1. The van der Waals surface area contributed by atoms with E-state index in [4.69, 9.17) is 5.11 Å². The Labute approximate surface area is 130 Å². The highest BCUT2D eigenvalue weighted by molar-refractivity contribution is 5.87. The van der Waals surface area contributed by atoms with E-state index in [0.29, 0.717) is 11.3 Å². The van der Waals surface area contributed by atoms with Gasteiger partial charge in [0.15, 0.2) is 5.69 Å². The predicted molar refractivity (Wildman–Crippen MR) is 81.0 cm³/mol. The van der Waals surface area contributed by atoms with Gasteiger partial charge in [0.05, 0.1) is 5.69 Å². The summed E-state index contributed by atoms with van der Waals surface area (Å²) in [6, 6.07) is 11.6. The second kappa shape index (κ2) is 5.64. The molecule has 1 N–H and O–H groups in total. The highest BCUT2D eigenvalue weighted by Gasteiger charge is 2.16. The maximum Gasteiger partial charge on any atom is 0.356 e. The van der Waals surface area contributed by atoms with Gasteiger partial charge in [-0.05, 0) is 41.5 Å². The van der Waals surface area contributed by atoms with Crippen molar-refractivity contribution in [2.24, 2.45) is 7.05 Å². The number of halogens is 2. The Bertz CT molecular complexity index is 886. The second-order valence-electron chi connectivity index (χ2n) is 5.05. The molecule has 0 aliphatic heterocycles. The van der Waals surface area contributed by atoms with Crippen LogP contribution in [0.25, 0.3) is 22.4 Å². The standard InChI is InChI=1S/C17H12F2N2O2/c1-21-16(9-15(20-21)17(22)23)13-8-11(4-7-14(13)19)10-2-5-12(18)6-3-10/h2-9H,1H3,(H,22,23). The molecule has 0 unspecified atom stereocenters. The van der Waals surface area contributed by atoms with Crippen LogP contribution in [-0.2, 0) is 7.05 Å². The maximum atomic E-state index is 14.2. The van der Waals surface area contributed by atoms with Crippen LogP contribution in [0.1, 0.15) is 10.5 Å². The minimum absolute atomic E-state index is 0.158. The fourth-order valence-corrected chi connectivity index (χ4v) is 2.37. The van der Waals surface area contributed by atoms with E-state index >= 15 is 0 Å². The number of carboxylic acid groups (broad SMARTS) is 1. The third kappa shape index (κ3) is 2.83. The van der Waals surface area contributed by atoms with Crippen LogP contribution in [0.5, 0.6) is 0 Å². The molecule has 116 valence electrons. The molecule has 0 saturated carbocycles. The van der Waals surface area contributed by atoms with Crippen LogP contribution in [-0.4, -0.2) is 20.9 Å². The summed E-state index contributed by atoms with van der Waals surface area (Å²) in [7, 11) is 1.55. The smallest absolute Gasteiger partial charge is 0.356 e. The van der Waals surface area contributed by atoms with Gasteiger partial charge in [-0.3, -0.25) is 4.68 Å². The number of carboxylic acids is 1. The zero-order valence-electron chi connectivity index (χ0n) is 12.1. The van der Waals surface area contributed by atoms with Gasteiger partial charge < -0.3 is 5.11 Å². The molecule has 1 aromatic heterocycles. The lowest BCUT2D eigenvalue weighted by atomic mass is 10.0. The Morgan fingerprint density at radius 1 is 1.04 bits per heavy atom. The molecule has 0 bridgehead atoms. The number of nitrogens with zero attached hydrogens (tertiary/aromatic N) is 2. The summed E-state index contributed by atoms with van der Waals surface area (Å²) in [6.07, 6.45) is 0. The summed E-state index contributed by atoms with van der Waals surface area (Å²) < 4.78 is 28.5. The molecule has 2 aromatic carbocycles. The quantitative estimate of drug-likeness (QED) is 0.801. The lowest BCUT2D eigenvalue weighted by molar-refractivity contribution is 0.0689. The Kier molecular flexibility index (Phi) is 3.65. The monoisotopic (exact) mass is 314 g/mol. The first-order valence-electron chi connectivity index (χ1n) is 6.79. The van der Waals surface area contributed by atoms with Crippen LogP contribution in [0.2, 0.25) is 0 Å². The number of aromatic nitrogens is 2. The molecule has 23 heavy (non-hydrogen) atoms. The van der Waals surface area contributed by atoms with Crippen LogP contribution >= 0.6 is 0 Å². The van der Waals surface area contributed by atoms with E-state index in [2.05, 4.69) is 5.10 Å². The molecule has 0 atom stereocenters. The topological polar surface area (TPSA) is 55.1 Å². The van der Waals surface area contributed by atoms with Crippen molar-refractivity contribution < 1.29 is 18.7 Å². The first-order chi connectivity index (χ1) is 11.0. The van der Waals surface area contributed by atoms with E-state index in [1.807, 2.05) is 0 Å². The Balaban J connectivity index is 2.11. The van der Waals surface area contributed by atoms with Gasteiger partial charge in [0, 0.05) is 12.6 Å². The van der Waals surface area contributed by atoms with Gasteiger partial charge >= 0.3 is 5.97 Å². The third-order valence-electron chi connectivity index (χ3n) is 3.52. The summed E-state index contributed by atoms with van der Waals surface area (Å²) in [5.41, 5.74) is 1.85. The van der Waals surface area contributed by atoms with Crippen LogP contribution in [0.4, 0.5) is 8.78 Å². The van der Waals surface area contributed by atoms with E-state index in [1.54, 1.807) is 31.3 Å². The molecule has 6 heteroatoms. The molecular weight excluding hydrogens is 302 g/mol. The molecule has 0 fully saturated rings. The van der Waals surface area contributed by atoms with E-state index < -0.39 is 11.8 Å². The fraction of sp³-hybridized carbons (Fsp3) is 0.0588. The third-order valence-corrected chi connectivity index (χ3v) is 3.52. The highest BCUT2D eigenvalue weighted by atomic mass is 19.1. The summed E-state index contributed by atoms with van der Waals surface area (Å²) in [5, 5.41) is 12.8. The van der Waals surface area contributed by atoms with Crippen LogP contribution in [0.15, 0.2) is 48.5 Å². The van der Waals surface area contributed by atoms with E-state index in [9.17, 15) is 13.6 Å². The number of hydrogen-bond donors (Lipinski definition) is 1. The van der Waals surface area contributed by atoms with Crippen molar-refractivity contribution in [2.75, 3.05) is 0 Å². The number of carbonyl (C=O) groups is 1. The van der Waals surface area contributed by atoms with Gasteiger partial charge in [-0.25, -0.2) is 13.6 Å². The number of benzene rings is 2. The average Bonchev–Trinajstić information content (AvgIpc) is 2.91. The van der Waals surface area contributed by atoms with Crippen molar-refractivity contribution >= 4 is 5.97 Å².